The average molecular weight is 268 g/mol. The summed E-state index contributed by atoms with van der Waals surface area (Å²) in [5.41, 5.74) is 7.99. The van der Waals surface area contributed by atoms with E-state index >= 15 is 0 Å². The van der Waals surface area contributed by atoms with E-state index in [1.54, 1.807) is 13.0 Å². The number of halogens is 3. The van der Waals surface area contributed by atoms with Crippen molar-refractivity contribution < 1.29 is 8.78 Å². The van der Waals surface area contributed by atoms with E-state index in [0.29, 0.717) is 16.1 Å². The van der Waals surface area contributed by atoms with Gasteiger partial charge in [-0.3, -0.25) is 0 Å². The molecule has 0 amide bonds. The predicted molar refractivity (Wildman–Crippen MR) is 68.6 cm³/mol. The Bertz CT molecular complexity index is 584. The van der Waals surface area contributed by atoms with Gasteiger partial charge < -0.3 is 5.73 Å². The molecule has 2 rings (SSSR count). The minimum absolute atomic E-state index is 0.325. The molecule has 1 nitrogen and oxygen atoms in total. The monoisotopic (exact) mass is 267 g/mol. The Balaban J connectivity index is 2.47. The maximum Gasteiger partial charge on any atom is 0.123 e. The summed E-state index contributed by atoms with van der Waals surface area (Å²) in [6.45, 7) is 1.76. The van der Waals surface area contributed by atoms with Crippen molar-refractivity contribution >= 4 is 11.6 Å². The van der Waals surface area contributed by atoms with Crippen molar-refractivity contribution in [3.63, 3.8) is 0 Å². The molecule has 94 valence electrons. The van der Waals surface area contributed by atoms with E-state index in [4.69, 9.17) is 17.3 Å². The lowest BCUT2D eigenvalue weighted by Gasteiger charge is -2.16. The van der Waals surface area contributed by atoms with E-state index in [1.807, 2.05) is 0 Å². The van der Waals surface area contributed by atoms with Crippen LogP contribution in [0, 0.1) is 18.6 Å². The van der Waals surface area contributed by atoms with Crippen LogP contribution in [0.3, 0.4) is 0 Å². The van der Waals surface area contributed by atoms with E-state index in [9.17, 15) is 8.78 Å². The molecule has 0 heterocycles. The molecule has 0 radical (unpaired) electrons. The molecule has 0 bridgehead atoms. The first kappa shape index (κ1) is 13.0. The van der Waals surface area contributed by atoms with E-state index in [-0.39, 0.29) is 5.82 Å². The van der Waals surface area contributed by atoms with Gasteiger partial charge >= 0.3 is 0 Å². The first-order chi connectivity index (χ1) is 8.49. The van der Waals surface area contributed by atoms with E-state index in [1.165, 1.54) is 30.3 Å². The van der Waals surface area contributed by atoms with Gasteiger partial charge in [0.1, 0.15) is 11.6 Å². The highest BCUT2D eigenvalue weighted by atomic mass is 35.5. The number of hydrogen-bond donors (Lipinski definition) is 1. The average Bonchev–Trinajstić information content (AvgIpc) is 2.31. The summed E-state index contributed by atoms with van der Waals surface area (Å²) in [5.74, 6) is -0.724. The van der Waals surface area contributed by atoms with Crippen molar-refractivity contribution in [3.05, 3.63) is 69.7 Å². The number of hydrogen-bond acceptors (Lipinski definition) is 1. The summed E-state index contributed by atoms with van der Waals surface area (Å²) in [6.07, 6.45) is 0. The molecule has 2 N–H and O–H groups in total. The van der Waals surface area contributed by atoms with Gasteiger partial charge in [-0.1, -0.05) is 17.7 Å². The molecule has 1 atom stereocenters. The lowest BCUT2D eigenvalue weighted by atomic mass is 9.95. The zero-order chi connectivity index (χ0) is 13.3. The van der Waals surface area contributed by atoms with Crippen LogP contribution in [0.1, 0.15) is 22.7 Å². The Kier molecular flexibility index (Phi) is 3.64. The second-order valence-electron chi connectivity index (χ2n) is 4.14. The fraction of sp³-hybridized carbons (Fsp3) is 0.143. The van der Waals surface area contributed by atoms with Crippen LogP contribution in [0.2, 0.25) is 5.02 Å². The van der Waals surface area contributed by atoms with Crippen LogP contribution < -0.4 is 5.73 Å². The largest absolute Gasteiger partial charge is 0.320 e. The molecule has 18 heavy (non-hydrogen) atoms. The number of nitrogens with two attached hydrogens (primary N) is 1. The van der Waals surface area contributed by atoms with Crippen LogP contribution in [-0.4, -0.2) is 0 Å². The molecule has 0 aliphatic carbocycles. The normalized spacial score (nSPS) is 12.5. The molecular formula is C14H12ClF2N. The second kappa shape index (κ2) is 5.04. The van der Waals surface area contributed by atoms with Gasteiger partial charge in [0.25, 0.3) is 0 Å². The van der Waals surface area contributed by atoms with Crippen LogP contribution in [0.15, 0.2) is 36.4 Å². The van der Waals surface area contributed by atoms with Crippen LogP contribution in [0.4, 0.5) is 8.78 Å². The molecule has 2 aromatic carbocycles. The van der Waals surface area contributed by atoms with Crippen molar-refractivity contribution in [2.75, 3.05) is 0 Å². The smallest absolute Gasteiger partial charge is 0.123 e. The number of aryl methyl sites for hydroxylation is 1. The summed E-state index contributed by atoms with van der Waals surface area (Å²) in [6, 6.07) is 7.78. The van der Waals surface area contributed by atoms with Gasteiger partial charge in [-0.2, -0.15) is 0 Å². The van der Waals surface area contributed by atoms with Gasteiger partial charge in [-0.15, -0.1) is 0 Å². The van der Waals surface area contributed by atoms with Gasteiger partial charge in [0.05, 0.1) is 6.04 Å². The molecule has 1 unspecified atom stereocenters. The zero-order valence-corrected chi connectivity index (χ0v) is 10.5. The Morgan fingerprint density at radius 3 is 2.28 bits per heavy atom. The third-order valence-corrected chi connectivity index (χ3v) is 3.20. The zero-order valence-electron chi connectivity index (χ0n) is 9.75. The van der Waals surface area contributed by atoms with E-state index in [2.05, 4.69) is 0 Å². The van der Waals surface area contributed by atoms with Gasteiger partial charge in [0.15, 0.2) is 0 Å². The van der Waals surface area contributed by atoms with Crippen LogP contribution in [0.5, 0.6) is 0 Å². The first-order valence-corrected chi connectivity index (χ1v) is 5.83. The Labute approximate surface area is 109 Å². The molecule has 0 aromatic heterocycles. The summed E-state index contributed by atoms with van der Waals surface area (Å²) in [7, 11) is 0. The molecule has 2 aromatic rings. The minimum atomic E-state index is -0.575. The molecule has 0 saturated heterocycles. The molecule has 0 spiro atoms. The summed E-state index contributed by atoms with van der Waals surface area (Å²) >= 11 is 6.00. The lowest BCUT2D eigenvalue weighted by Crippen LogP contribution is -2.14. The maximum atomic E-state index is 13.2. The van der Waals surface area contributed by atoms with Gasteiger partial charge in [-0.25, -0.2) is 8.78 Å². The highest BCUT2D eigenvalue weighted by Crippen LogP contribution is 2.29. The Morgan fingerprint density at radius 1 is 1.00 bits per heavy atom. The van der Waals surface area contributed by atoms with E-state index < -0.39 is 11.9 Å². The van der Waals surface area contributed by atoms with Crippen LogP contribution in [-0.2, 0) is 0 Å². The topological polar surface area (TPSA) is 26.0 Å². The Morgan fingerprint density at radius 2 is 1.61 bits per heavy atom. The minimum Gasteiger partial charge on any atom is -0.320 e. The highest BCUT2D eigenvalue weighted by Gasteiger charge is 2.15. The summed E-state index contributed by atoms with van der Waals surface area (Å²) in [5, 5.41) is 0.396. The molecule has 0 saturated carbocycles. The molecule has 0 aliphatic heterocycles. The summed E-state index contributed by atoms with van der Waals surface area (Å²) in [4.78, 5) is 0. The quantitative estimate of drug-likeness (QED) is 0.875. The summed E-state index contributed by atoms with van der Waals surface area (Å²) < 4.78 is 26.2. The number of rotatable bonds is 2. The molecule has 0 aliphatic rings. The standard InChI is InChI=1S/C14H12ClF2N/c1-8-6-9(16)2-4-11(8)14(18)12-7-10(17)3-5-13(12)15/h2-7,14H,18H2,1H3. The Hall–Kier alpha value is -1.45. The highest BCUT2D eigenvalue weighted by molar-refractivity contribution is 6.31. The van der Waals surface area contributed by atoms with Crippen molar-refractivity contribution in [2.45, 2.75) is 13.0 Å². The van der Waals surface area contributed by atoms with Gasteiger partial charge in [0.2, 0.25) is 0 Å². The lowest BCUT2D eigenvalue weighted by molar-refractivity contribution is 0.620. The van der Waals surface area contributed by atoms with Gasteiger partial charge in [-0.05, 0) is 53.9 Å². The van der Waals surface area contributed by atoms with Crippen molar-refractivity contribution in [3.8, 4) is 0 Å². The molecule has 0 fully saturated rings. The first-order valence-electron chi connectivity index (χ1n) is 5.45. The van der Waals surface area contributed by atoms with Crippen molar-refractivity contribution in [1.82, 2.24) is 0 Å². The maximum absolute atomic E-state index is 13.2. The van der Waals surface area contributed by atoms with Crippen molar-refractivity contribution in [2.24, 2.45) is 5.73 Å². The fourth-order valence-corrected chi connectivity index (χ4v) is 2.14. The van der Waals surface area contributed by atoms with Crippen molar-refractivity contribution in [1.29, 1.82) is 0 Å². The molecule has 4 heteroatoms. The third-order valence-electron chi connectivity index (χ3n) is 2.86. The third kappa shape index (κ3) is 2.52. The van der Waals surface area contributed by atoms with Crippen LogP contribution in [0.25, 0.3) is 0 Å². The van der Waals surface area contributed by atoms with E-state index in [0.717, 1.165) is 5.56 Å². The molecular weight excluding hydrogens is 256 g/mol. The number of benzene rings is 2. The van der Waals surface area contributed by atoms with Gasteiger partial charge in [0, 0.05) is 5.02 Å². The SMILES string of the molecule is Cc1cc(F)ccc1C(N)c1cc(F)ccc1Cl. The van der Waals surface area contributed by atoms with Crippen LogP contribution >= 0.6 is 11.6 Å². The second-order valence-corrected chi connectivity index (χ2v) is 4.55. The fourth-order valence-electron chi connectivity index (χ4n) is 1.91. The predicted octanol–water partition coefficient (Wildman–Crippen LogP) is 3.97.